The molecule has 3 unspecified atom stereocenters. The van der Waals surface area contributed by atoms with E-state index in [9.17, 15) is 142 Å². The van der Waals surface area contributed by atoms with Crippen molar-refractivity contribution in [2.45, 2.75) is 259 Å². The number of nitrogens with one attached hydrogen (secondary N) is 1. The van der Waals surface area contributed by atoms with Crippen molar-refractivity contribution in [3.05, 3.63) is 213 Å². The summed E-state index contributed by atoms with van der Waals surface area (Å²) in [6.45, 7) is 22.9. The second-order valence-corrected chi connectivity index (χ2v) is 36.8. The van der Waals surface area contributed by atoms with Crippen LogP contribution in [0.4, 0.5) is 79.0 Å². The first-order valence-electron chi connectivity index (χ1n) is 43.9. The first kappa shape index (κ1) is 104. The fourth-order valence-corrected chi connectivity index (χ4v) is 17.7. The molecule has 9 amide bonds. The van der Waals surface area contributed by atoms with E-state index in [2.05, 4.69) is 10.2 Å². The molecule has 10 aliphatic rings. The second kappa shape index (κ2) is 38.7. The quantitative estimate of drug-likeness (QED) is 0.0710. The molecule has 1 saturated carbocycles. The van der Waals surface area contributed by atoms with Gasteiger partial charge in [-0.25, -0.2) is 4.79 Å². The van der Waals surface area contributed by atoms with Gasteiger partial charge in [-0.2, -0.15) is 84.1 Å². The molecule has 0 radical (unpaired) electrons. The zero-order valence-electron chi connectivity index (χ0n) is 76.2. The van der Waals surface area contributed by atoms with E-state index < -0.39 is 142 Å². The number of aromatic amines is 1. The number of fused-ring (bicyclic) bond motifs is 6. The lowest BCUT2D eigenvalue weighted by Crippen LogP contribution is -2.53. The maximum Gasteiger partial charge on any atom is 0.416 e. The predicted molar refractivity (Wildman–Crippen MR) is 455 cm³/mol. The third kappa shape index (κ3) is 21.7. The molecule has 43 heteroatoms. The molecule has 17 rings (SSSR count). The Morgan fingerprint density at radius 2 is 0.650 bits per heavy atom. The topological polar surface area (TPSA) is 309 Å². The summed E-state index contributed by atoms with van der Waals surface area (Å²) in [6.07, 6.45) is -25.5. The summed E-state index contributed by atoms with van der Waals surface area (Å²) in [7, 11) is 0. The van der Waals surface area contributed by atoms with Crippen LogP contribution in [0.1, 0.15) is 298 Å². The van der Waals surface area contributed by atoms with Gasteiger partial charge in [0.15, 0.2) is 0 Å². The Kier molecular flexibility index (Phi) is 29.3. The van der Waals surface area contributed by atoms with Crippen LogP contribution in [0.5, 0.6) is 0 Å². The van der Waals surface area contributed by atoms with Gasteiger partial charge in [0.1, 0.15) is 0 Å². The van der Waals surface area contributed by atoms with Gasteiger partial charge in [0.2, 0.25) is 0 Å². The zero-order valence-corrected chi connectivity index (χ0v) is 76.2. The Morgan fingerprint density at radius 1 is 0.358 bits per heavy atom. The maximum atomic E-state index is 13.6. The number of H-pyrrole nitrogens is 1. The summed E-state index contributed by atoms with van der Waals surface area (Å²) >= 11 is 0. The number of aliphatic hydroxyl groups is 3. The van der Waals surface area contributed by atoms with Crippen molar-refractivity contribution in [3.8, 4) is 11.3 Å². The highest BCUT2D eigenvalue weighted by molar-refractivity contribution is 6.07. The Bertz CT molecular complexity index is 5910. The Morgan fingerprint density at radius 3 is 0.927 bits per heavy atom. The van der Waals surface area contributed by atoms with E-state index in [-0.39, 0.29) is 215 Å². The number of carbonyl (C=O) groups excluding carboxylic acids is 9. The Labute approximate surface area is 773 Å². The molecule has 6 aromatic carbocycles. The van der Waals surface area contributed by atoms with Crippen molar-refractivity contribution in [1.82, 2.24) is 54.3 Å². The number of carboxylic acids is 1. The van der Waals surface area contributed by atoms with E-state index in [1.807, 2.05) is 13.8 Å². The van der Waals surface area contributed by atoms with E-state index in [1.165, 1.54) is 80.6 Å². The minimum atomic E-state index is -4.69. The van der Waals surface area contributed by atoms with E-state index in [1.54, 1.807) is 88.3 Å². The van der Waals surface area contributed by atoms with Gasteiger partial charge in [-0.3, -0.25) is 48.2 Å². The molecular formula is C94H99F18N11O14. The van der Waals surface area contributed by atoms with Crippen LogP contribution in [0.25, 0.3) is 11.3 Å². The molecule has 137 heavy (non-hydrogen) atoms. The average molecular weight is 1950 g/mol. The number of alkyl halides is 18. The number of hydrogen-bond acceptors (Lipinski definition) is 14. The number of likely N-dealkylation sites (tertiary alicyclic amines) is 3. The van der Waals surface area contributed by atoms with E-state index in [0.29, 0.717) is 35.7 Å². The highest BCUT2D eigenvalue weighted by Gasteiger charge is 2.50. The van der Waals surface area contributed by atoms with Crippen molar-refractivity contribution >= 4 is 59.1 Å². The normalized spacial score (nSPS) is 18.7. The van der Waals surface area contributed by atoms with Gasteiger partial charge in [-0.1, -0.05) is 0 Å². The van der Waals surface area contributed by atoms with E-state index in [4.69, 9.17) is 5.11 Å². The summed E-state index contributed by atoms with van der Waals surface area (Å²) in [5.74, 6) is -5.79. The van der Waals surface area contributed by atoms with Gasteiger partial charge in [0.05, 0.1) is 62.9 Å². The number of aliphatic hydroxyl groups excluding tert-OH is 3. The molecule has 0 spiro atoms. The molecule has 10 heterocycles. The number of rotatable bonds is 12. The van der Waals surface area contributed by atoms with Crippen LogP contribution < -0.4 is 0 Å². The number of carbonyl (C=O) groups is 10. The molecule has 1 aliphatic carbocycles. The maximum absolute atomic E-state index is 13.6. The lowest BCUT2D eigenvalue weighted by Gasteiger charge is -2.36. The minimum Gasteiger partial charge on any atom is -0.478 e. The minimum absolute atomic E-state index is 0.00999. The van der Waals surface area contributed by atoms with Gasteiger partial charge in [-0.15, -0.1) is 0 Å². The number of aromatic carboxylic acids is 1. The predicted octanol–water partition coefficient (Wildman–Crippen LogP) is 17.0. The number of benzene rings is 6. The number of carboxylic acid groups (broad SMARTS) is 1. The first-order valence-corrected chi connectivity index (χ1v) is 43.9. The average Bonchev–Trinajstić information content (AvgIpc) is 2.33. The first-order chi connectivity index (χ1) is 63.4. The number of amides is 9. The van der Waals surface area contributed by atoms with E-state index >= 15 is 0 Å². The molecule has 7 aromatic rings. The third-order valence-electron chi connectivity index (χ3n) is 25.3. The molecule has 740 valence electrons. The third-order valence-corrected chi connectivity index (χ3v) is 25.3. The van der Waals surface area contributed by atoms with Crippen LogP contribution in [0.2, 0.25) is 0 Å². The lowest BCUT2D eigenvalue weighted by molar-refractivity contribution is -0.139. The van der Waals surface area contributed by atoms with Gasteiger partial charge in [0.25, 0.3) is 53.2 Å². The molecule has 1 aromatic heterocycles. The fourth-order valence-electron chi connectivity index (χ4n) is 17.7. The standard InChI is InChI=1S/C18H21F3N2O3.C17H19F3N2O3.C16H17F3N2O3.C15H14F3N3O.C15H16F3NO.C13H12F3NO3/c1-9(2)22-8-14-13(17(22)26)5-11(6-15(14)18(19,20)21)16(25)23-7-12(24)4-10(23)3;1-9(2)22-8-13-12(16(22)25)5-10(6-14(13)17(18,19)20)15(24)21-4-3-11(23)7-21;1-8(2)21-7-12-11(15(21)24)3-9(4-13(12)16(17,18)19)14(23)20-5-10(22)6-20;1-8(2)21-7-11-10(14(21)22)5-9(13-3-4-19-20-13)6-12(11)15(16,17)18;1-8(2)19-7-12-11(14(19)20)5-10(9-3-4-9)6-13(12)15(16,17)18;1-6(2)17-5-9-8(11(17)18)3-7(12(19)20)4-10(9)13(14,15)16/h5-6,9-10,12,24H,4,7-8H2,1-3H3;5-6,9,11,23H,3-4,7-8H2,1-2H3;3-4,8,10,22H,5-7H2,1-2H3;3-6,8H,7H2,1-2H3,(H,19,20);5-6,8-9H,3-4,7H2,1-2H3;3-4,6H,5H2,1-2H3,(H,19,20). The Hall–Kier alpha value is -12.2. The molecule has 0 bridgehead atoms. The van der Waals surface area contributed by atoms with Crippen molar-refractivity contribution in [3.63, 3.8) is 0 Å². The molecular weight excluding hydrogens is 1850 g/mol. The number of β-amino-alcohol motifs (C(OH)–C–C–N with tert-alkyl or cyclic N) is 3. The summed E-state index contributed by atoms with van der Waals surface area (Å²) in [5.41, 5.74) is -5.10. The van der Waals surface area contributed by atoms with Crippen molar-refractivity contribution in [1.29, 1.82) is 0 Å². The number of halogens is 18. The number of nitrogens with zero attached hydrogens (tertiary/aromatic N) is 10. The summed E-state index contributed by atoms with van der Waals surface area (Å²) in [5, 5.41) is 43.8. The van der Waals surface area contributed by atoms with Crippen LogP contribution in [-0.2, 0) is 76.3 Å². The van der Waals surface area contributed by atoms with Gasteiger partial charge in [-0.05, 0) is 239 Å². The second-order valence-electron chi connectivity index (χ2n) is 36.8. The number of aromatic nitrogens is 2. The van der Waals surface area contributed by atoms with Crippen LogP contribution in [0.3, 0.4) is 0 Å². The lowest BCUT2D eigenvalue weighted by atomic mass is 9.97. The van der Waals surface area contributed by atoms with Crippen LogP contribution >= 0.6 is 0 Å². The van der Waals surface area contributed by atoms with Gasteiger partial charge < -0.3 is 64.5 Å². The summed E-state index contributed by atoms with van der Waals surface area (Å²) in [4.78, 5) is 135. The van der Waals surface area contributed by atoms with Crippen LogP contribution in [0, 0.1) is 0 Å². The molecule has 9 aliphatic heterocycles. The van der Waals surface area contributed by atoms with Crippen molar-refractivity contribution < 1.29 is 147 Å². The van der Waals surface area contributed by atoms with Gasteiger partial charge in [0, 0.05) is 176 Å². The summed E-state index contributed by atoms with van der Waals surface area (Å²) in [6, 6.07) is 13.4. The van der Waals surface area contributed by atoms with Gasteiger partial charge >= 0.3 is 43.0 Å². The highest BCUT2D eigenvalue weighted by atomic mass is 19.4. The highest BCUT2D eigenvalue weighted by Crippen LogP contribution is 2.49. The monoisotopic (exact) mass is 1950 g/mol. The van der Waals surface area contributed by atoms with Crippen molar-refractivity contribution in [2.24, 2.45) is 0 Å². The molecule has 4 fully saturated rings. The smallest absolute Gasteiger partial charge is 0.416 e. The van der Waals surface area contributed by atoms with Crippen LogP contribution in [-0.4, -0.2) is 227 Å². The molecule has 25 nitrogen and oxygen atoms in total. The molecule has 5 N–H and O–H groups in total. The van der Waals surface area contributed by atoms with E-state index in [0.717, 1.165) is 43.2 Å². The SMILES string of the molecule is CC(C)N1Cc2c(cc(-c3ccn[nH]3)cc2C(F)(F)F)C1=O.CC(C)N1Cc2c(cc(C(=O)N3CC(O)C3)cc2C(F)(F)F)C1=O.CC(C)N1Cc2c(cc(C(=O)N3CC(O)CC3C)cc2C(F)(F)F)C1=O.CC(C)N1Cc2c(cc(C(=O)N3CCC(O)C3)cc2C(F)(F)F)C1=O.CC(C)N1Cc2c(cc(C(=O)O)cc2C(F)(F)F)C1=O.CC(C)N1Cc2c(cc(C3CC3)cc2C(F)(F)F)C1=O. The van der Waals surface area contributed by atoms with Crippen molar-refractivity contribution in [2.75, 3.05) is 32.7 Å². The largest absolute Gasteiger partial charge is 0.478 e. The molecule has 3 saturated heterocycles. The Balaban J connectivity index is 0.000000148. The van der Waals surface area contributed by atoms with Crippen LogP contribution in [0.15, 0.2) is 85.1 Å². The fraction of sp³-hybridized carbons (Fsp3) is 0.479. The molecule has 3 atom stereocenters. The number of hydrogen-bond donors (Lipinski definition) is 5. The summed E-state index contributed by atoms with van der Waals surface area (Å²) < 4.78 is 240. The zero-order chi connectivity index (χ0) is 102.